The molecule has 0 amide bonds. The van der Waals surface area contributed by atoms with Crippen molar-refractivity contribution in [3.63, 3.8) is 0 Å². The number of rotatable bonds is 17. The normalized spacial score (nSPS) is 9.81. The zero-order valence-corrected chi connectivity index (χ0v) is 19.2. The van der Waals surface area contributed by atoms with Crippen LogP contribution in [0.25, 0.3) is 0 Å². The lowest BCUT2D eigenvalue weighted by atomic mass is 10.0. The molecule has 0 radical (unpaired) electrons. The first-order chi connectivity index (χ1) is 13.1. The summed E-state index contributed by atoms with van der Waals surface area (Å²) in [6.45, 7) is 5.15. The van der Waals surface area contributed by atoms with Crippen LogP contribution in [0.1, 0.15) is 123 Å². The van der Waals surface area contributed by atoms with Gasteiger partial charge in [0.15, 0.2) is 0 Å². The monoisotopic (exact) mass is 388 g/mol. The fourth-order valence-electron chi connectivity index (χ4n) is 2.65. The van der Waals surface area contributed by atoms with Crippen LogP contribution in [0.4, 0.5) is 0 Å². The highest BCUT2D eigenvalue weighted by atomic mass is 16.4. The Hall–Kier alpha value is -0.610. The molecule has 0 spiro atoms. The van der Waals surface area contributed by atoms with Gasteiger partial charge in [0, 0.05) is 6.42 Å². The largest absolute Gasteiger partial charge is 0.481 e. The van der Waals surface area contributed by atoms with Crippen molar-refractivity contribution in [3.05, 3.63) is 0 Å². The average Bonchev–Trinajstić information content (AvgIpc) is 2.65. The first-order valence-electron chi connectivity index (χ1n) is 11.6. The van der Waals surface area contributed by atoms with Gasteiger partial charge in [0.25, 0.3) is 0 Å². The molecule has 0 saturated carbocycles. The van der Waals surface area contributed by atoms with Crippen molar-refractivity contribution in [1.29, 1.82) is 0 Å². The Kier molecular flexibility index (Phi) is 38.0. The van der Waals surface area contributed by atoms with E-state index in [1.165, 1.54) is 83.5 Å². The molecular weight excluding hydrogens is 336 g/mol. The fraction of sp³-hybridized carbons (Fsp3) is 0.957. The number of hydrogen-bond acceptors (Lipinski definition) is 3. The van der Waals surface area contributed by atoms with Gasteiger partial charge in [-0.05, 0) is 33.5 Å². The second-order valence-corrected chi connectivity index (χ2v) is 7.38. The van der Waals surface area contributed by atoms with Crippen LogP contribution < -0.4 is 11.1 Å². The van der Waals surface area contributed by atoms with E-state index in [9.17, 15) is 4.79 Å². The van der Waals surface area contributed by atoms with Gasteiger partial charge in [0.05, 0.1) is 0 Å². The number of unbranched alkanes of at least 4 members (excludes halogenated alkanes) is 14. The number of carboxylic acids is 1. The van der Waals surface area contributed by atoms with Crippen molar-refractivity contribution in [2.45, 2.75) is 123 Å². The minimum absolute atomic E-state index is 0.345. The molecule has 0 saturated heterocycles. The molecule has 166 valence electrons. The summed E-state index contributed by atoms with van der Waals surface area (Å²) in [4.78, 5) is 10.3. The molecule has 4 nitrogen and oxygen atoms in total. The number of nitrogens with two attached hydrogens (primary N) is 1. The molecular formula is C23H52N2O2. The van der Waals surface area contributed by atoms with Gasteiger partial charge < -0.3 is 16.2 Å². The molecule has 27 heavy (non-hydrogen) atoms. The fourth-order valence-corrected chi connectivity index (χ4v) is 2.65. The smallest absolute Gasteiger partial charge is 0.303 e. The number of hydrogen-bond donors (Lipinski definition) is 3. The van der Waals surface area contributed by atoms with Gasteiger partial charge in [-0.15, -0.1) is 0 Å². The van der Waals surface area contributed by atoms with Gasteiger partial charge in [-0.3, -0.25) is 4.79 Å². The summed E-state index contributed by atoms with van der Waals surface area (Å²) in [5.74, 6) is -0.653. The Balaban J connectivity index is -0.000000703. The lowest BCUT2D eigenvalue weighted by Crippen LogP contribution is -1.93. The first kappa shape index (κ1) is 31.1. The van der Waals surface area contributed by atoms with Crippen LogP contribution in [0.2, 0.25) is 0 Å². The molecule has 0 aromatic rings. The summed E-state index contributed by atoms with van der Waals surface area (Å²) in [5.41, 5.74) is 5.03. The molecule has 0 aliphatic heterocycles. The third-order valence-electron chi connectivity index (χ3n) is 4.28. The lowest BCUT2D eigenvalue weighted by Gasteiger charge is -2.03. The minimum Gasteiger partial charge on any atom is -0.481 e. The molecule has 0 bridgehead atoms. The maximum atomic E-state index is 10.3. The molecule has 0 aliphatic carbocycles. The van der Waals surface area contributed by atoms with Crippen molar-refractivity contribution < 1.29 is 9.90 Å². The van der Waals surface area contributed by atoms with E-state index >= 15 is 0 Å². The lowest BCUT2D eigenvalue weighted by molar-refractivity contribution is -0.137. The van der Waals surface area contributed by atoms with Crippen LogP contribution >= 0.6 is 0 Å². The van der Waals surface area contributed by atoms with Crippen LogP contribution in [-0.2, 0) is 4.79 Å². The van der Waals surface area contributed by atoms with Crippen molar-refractivity contribution in [3.8, 4) is 0 Å². The van der Waals surface area contributed by atoms with Crippen molar-refractivity contribution >= 4 is 5.97 Å². The SMILES string of the molecule is CCCCCCCCCCCCCCCCCC(=O)O.CCCN.CNC. The van der Waals surface area contributed by atoms with E-state index in [0.717, 1.165) is 25.8 Å². The quantitative estimate of drug-likeness (QED) is 0.248. The Morgan fingerprint density at radius 3 is 1.15 bits per heavy atom. The Labute approximate surface area is 171 Å². The van der Waals surface area contributed by atoms with Crippen LogP contribution in [0.3, 0.4) is 0 Å². The third-order valence-corrected chi connectivity index (χ3v) is 4.28. The Morgan fingerprint density at radius 2 is 0.926 bits per heavy atom. The molecule has 4 heteroatoms. The highest BCUT2D eigenvalue weighted by molar-refractivity contribution is 5.66. The van der Waals surface area contributed by atoms with E-state index in [1.807, 2.05) is 14.1 Å². The van der Waals surface area contributed by atoms with Gasteiger partial charge in [-0.2, -0.15) is 0 Å². The summed E-state index contributed by atoms with van der Waals surface area (Å²) in [5, 5.41) is 11.3. The van der Waals surface area contributed by atoms with E-state index in [0.29, 0.717) is 6.42 Å². The number of aliphatic carboxylic acids is 1. The van der Waals surface area contributed by atoms with E-state index in [4.69, 9.17) is 10.8 Å². The Bertz CT molecular complexity index is 247. The number of nitrogens with one attached hydrogen (secondary N) is 1. The molecule has 0 aromatic heterocycles. The standard InChI is InChI=1S/C18H36O2.C3H9N.C2H7N/c1-2-3-4-5-6-7-8-9-10-11-12-13-14-15-16-17-18(19)20;1-2-3-4;1-3-2/h2-17H2,1H3,(H,19,20);2-4H2,1H3;3H,1-2H3. The molecule has 0 aromatic carbocycles. The topological polar surface area (TPSA) is 75.3 Å². The predicted octanol–water partition coefficient (Wildman–Crippen LogP) is 6.52. The number of carbonyl (C=O) groups is 1. The summed E-state index contributed by atoms with van der Waals surface area (Å²) < 4.78 is 0. The van der Waals surface area contributed by atoms with Crippen LogP contribution in [0.15, 0.2) is 0 Å². The maximum Gasteiger partial charge on any atom is 0.303 e. The minimum atomic E-state index is -0.653. The van der Waals surface area contributed by atoms with Crippen molar-refractivity contribution in [2.24, 2.45) is 5.73 Å². The zero-order valence-electron chi connectivity index (χ0n) is 19.2. The molecule has 0 aliphatic rings. The first-order valence-corrected chi connectivity index (χ1v) is 11.6. The zero-order chi connectivity index (χ0) is 21.0. The molecule has 4 N–H and O–H groups in total. The number of carboxylic acid groups (broad SMARTS) is 1. The van der Waals surface area contributed by atoms with Crippen LogP contribution in [-0.4, -0.2) is 31.7 Å². The summed E-state index contributed by atoms with van der Waals surface area (Å²) >= 11 is 0. The van der Waals surface area contributed by atoms with Gasteiger partial charge >= 0.3 is 5.97 Å². The van der Waals surface area contributed by atoms with E-state index < -0.39 is 5.97 Å². The third kappa shape index (κ3) is 45.9. The van der Waals surface area contributed by atoms with E-state index in [2.05, 4.69) is 19.2 Å². The summed E-state index contributed by atoms with van der Waals surface area (Å²) in [6.07, 6.45) is 21.3. The second-order valence-electron chi connectivity index (χ2n) is 7.38. The molecule has 0 fully saturated rings. The van der Waals surface area contributed by atoms with Gasteiger partial charge in [0.2, 0.25) is 0 Å². The highest BCUT2D eigenvalue weighted by Gasteiger charge is 1.97. The van der Waals surface area contributed by atoms with Gasteiger partial charge in [0.1, 0.15) is 0 Å². The van der Waals surface area contributed by atoms with Crippen molar-refractivity contribution in [2.75, 3.05) is 20.6 Å². The molecule has 0 atom stereocenters. The summed E-state index contributed by atoms with van der Waals surface area (Å²) in [7, 11) is 3.75. The van der Waals surface area contributed by atoms with Gasteiger partial charge in [-0.25, -0.2) is 0 Å². The maximum absolute atomic E-state index is 10.3. The molecule has 0 rings (SSSR count). The summed E-state index contributed by atoms with van der Waals surface area (Å²) in [6, 6.07) is 0. The second kappa shape index (κ2) is 33.0. The van der Waals surface area contributed by atoms with E-state index in [-0.39, 0.29) is 0 Å². The average molecular weight is 389 g/mol. The molecule has 0 unspecified atom stereocenters. The van der Waals surface area contributed by atoms with Gasteiger partial charge in [-0.1, -0.05) is 104 Å². The molecule has 0 heterocycles. The Morgan fingerprint density at radius 1 is 0.667 bits per heavy atom. The predicted molar refractivity (Wildman–Crippen MR) is 122 cm³/mol. The van der Waals surface area contributed by atoms with Crippen LogP contribution in [0.5, 0.6) is 0 Å². The van der Waals surface area contributed by atoms with E-state index in [1.54, 1.807) is 0 Å². The highest BCUT2D eigenvalue weighted by Crippen LogP contribution is 2.13. The van der Waals surface area contributed by atoms with Crippen LogP contribution in [0, 0.1) is 0 Å². The van der Waals surface area contributed by atoms with Crippen molar-refractivity contribution in [1.82, 2.24) is 5.32 Å².